The summed E-state index contributed by atoms with van der Waals surface area (Å²) in [5.74, 6) is 1.32. The quantitative estimate of drug-likeness (QED) is 0.849. The number of fused-ring (bicyclic) bond motifs is 1. The van der Waals surface area contributed by atoms with Gasteiger partial charge in [-0.1, -0.05) is 23.4 Å². The van der Waals surface area contributed by atoms with Gasteiger partial charge in [-0.3, -0.25) is 4.99 Å². The van der Waals surface area contributed by atoms with Crippen molar-refractivity contribution in [1.82, 2.24) is 5.16 Å². The maximum atomic E-state index is 10.0. The predicted octanol–water partition coefficient (Wildman–Crippen LogP) is 3.51. The molecule has 3 rings (SSSR count). The number of aromatic nitrogens is 1. The van der Waals surface area contributed by atoms with E-state index in [4.69, 9.17) is 4.52 Å². The molecule has 0 amide bonds. The average molecular weight is 256 g/mol. The lowest BCUT2D eigenvalue weighted by Crippen LogP contribution is -2.05. The van der Waals surface area contributed by atoms with Gasteiger partial charge in [0.2, 0.25) is 0 Å². The van der Waals surface area contributed by atoms with Crippen LogP contribution >= 0.6 is 0 Å². The first-order valence-electron chi connectivity index (χ1n) is 6.42. The molecule has 0 radical (unpaired) electrons. The fourth-order valence-electron chi connectivity index (χ4n) is 2.63. The molecule has 0 unspecified atom stereocenters. The number of aliphatic imine (C=N–C) groups is 1. The average Bonchev–Trinajstić information content (AvgIpc) is 2.62. The Morgan fingerprint density at radius 1 is 1.21 bits per heavy atom. The summed E-state index contributed by atoms with van der Waals surface area (Å²) in [6, 6.07) is 7.46. The second-order valence-electron chi connectivity index (χ2n) is 5.05. The number of phenolic OH excluding ortho intramolecular Hbond substituents is 1. The highest BCUT2D eigenvalue weighted by molar-refractivity contribution is 5.86. The molecule has 0 aliphatic carbocycles. The highest BCUT2D eigenvalue weighted by Crippen LogP contribution is 2.37. The third-order valence-corrected chi connectivity index (χ3v) is 3.55. The summed E-state index contributed by atoms with van der Waals surface area (Å²) in [7, 11) is 0. The number of benzene rings is 1. The monoisotopic (exact) mass is 256 g/mol. The number of rotatable bonds is 1. The summed E-state index contributed by atoms with van der Waals surface area (Å²) in [5, 5.41) is 14.0. The summed E-state index contributed by atoms with van der Waals surface area (Å²) in [4.78, 5) is 4.58. The molecule has 0 fully saturated rings. The third-order valence-electron chi connectivity index (χ3n) is 3.55. The van der Waals surface area contributed by atoms with Gasteiger partial charge in [0.25, 0.3) is 0 Å². The maximum absolute atomic E-state index is 10.0. The van der Waals surface area contributed by atoms with Crippen molar-refractivity contribution in [1.29, 1.82) is 0 Å². The first-order chi connectivity index (χ1) is 9.15. The van der Waals surface area contributed by atoms with Crippen molar-refractivity contribution in [2.45, 2.75) is 32.6 Å². The summed E-state index contributed by atoms with van der Waals surface area (Å²) < 4.78 is 5.37. The molecule has 1 N–H and O–H groups in total. The van der Waals surface area contributed by atoms with Gasteiger partial charge >= 0.3 is 0 Å². The standard InChI is InChI=1S/C15H16N2O2/c1-9-7-11(12-5-3-4-6-13(12)18)8-14-15(16-9)10(2)17-19-14/h3-6,11,18H,7-8H2,1-2H3/t11-/m1/s1. The van der Waals surface area contributed by atoms with E-state index in [1.54, 1.807) is 6.07 Å². The van der Waals surface area contributed by atoms with Crippen LogP contribution in [0.15, 0.2) is 33.8 Å². The number of aryl methyl sites for hydroxylation is 1. The lowest BCUT2D eigenvalue weighted by Gasteiger charge is -2.15. The molecule has 2 aromatic rings. The van der Waals surface area contributed by atoms with Crippen molar-refractivity contribution in [2.24, 2.45) is 4.99 Å². The molecule has 2 heterocycles. The summed E-state index contributed by atoms with van der Waals surface area (Å²) in [6.07, 6.45) is 1.54. The zero-order chi connectivity index (χ0) is 13.4. The Hall–Kier alpha value is -2.10. The van der Waals surface area contributed by atoms with Gasteiger partial charge in [0.05, 0.1) is 0 Å². The molecular formula is C15H16N2O2. The van der Waals surface area contributed by atoms with Crippen molar-refractivity contribution in [3.05, 3.63) is 41.3 Å². The highest BCUT2D eigenvalue weighted by Gasteiger charge is 2.25. The number of phenols is 1. The van der Waals surface area contributed by atoms with Crippen LogP contribution < -0.4 is 0 Å². The first kappa shape index (κ1) is 12.0. The SMILES string of the molecule is CC1=Nc2c(C)noc2C[C@H](c2ccccc2O)C1. The van der Waals surface area contributed by atoms with Gasteiger partial charge in [-0.2, -0.15) is 0 Å². The molecule has 0 saturated carbocycles. The molecule has 19 heavy (non-hydrogen) atoms. The van der Waals surface area contributed by atoms with Crippen molar-refractivity contribution in [2.75, 3.05) is 0 Å². The van der Waals surface area contributed by atoms with E-state index in [0.717, 1.165) is 34.8 Å². The molecule has 1 aromatic heterocycles. The van der Waals surface area contributed by atoms with Crippen molar-refractivity contribution >= 4 is 11.4 Å². The van der Waals surface area contributed by atoms with E-state index in [9.17, 15) is 5.11 Å². The Labute approximate surface area is 111 Å². The molecule has 0 saturated heterocycles. The van der Waals surface area contributed by atoms with E-state index in [1.807, 2.05) is 32.0 Å². The zero-order valence-corrected chi connectivity index (χ0v) is 11.1. The van der Waals surface area contributed by atoms with Gasteiger partial charge in [0.1, 0.15) is 17.1 Å². The van der Waals surface area contributed by atoms with E-state index in [1.165, 1.54) is 0 Å². The summed E-state index contributed by atoms with van der Waals surface area (Å²) in [6.45, 7) is 3.91. The van der Waals surface area contributed by atoms with Crippen LogP contribution in [-0.4, -0.2) is 16.0 Å². The van der Waals surface area contributed by atoms with Crippen LogP contribution in [0.25, 0.3) is 0 Å². The van der Waals surface area contributed by atoms with E-state index < -0.39 is 0 Å². The Balaban J connectivity index is 2.03. The minimum absolute atomic E-state index is 0.179. The molecule has 1 atom stereocenters. The molecule has 1 aromatic carbocycles. The molecule has 1 aliphatic heterocycles. The number of aromatic hydroxyl groups is 1. The fraction of sp³-hybridized carbons (Fsp3) is 0.333. The molecule has 98 valence electrons. The van der Waals surface area contributed by atoms with Gasteiger partial charge in [-0.25, -0.2) is 0 Å². The van der Waals surface area contributed by atoms with Crippen LogP contribution in [0.1, 0.15) is 36.3 Å². The van der Waals surface area contributed by atoms with Crippen LogP contribution in [0.4, 0.5) is 5.69 Å². The lowest BCUT2D eigenvalue weighted by molar-refractivity contribution is 0.371. The van der Waals surface area contributed by atoms with E-state index in [2.05, 4.69) is 10.1 Å². The number of hydrogen-bond donors (Lipinski definition) is 1. The number of nitrogens with zero attached hydrogens (tertiary/aromatic N) is 2. The molecule has 4 nitrogen and oxygen atoms in total. The predicted molar refractivity (Wildman–Crippen MR) is 73.2 cm³/mol. The smallest absolute Gasteiger partial charge is 0.163 e. The van der Waals surface area contributed by atoms with Gasteiger partial charge in [0, 0.05) is 12.1 Å². The molecule has 0 bridgehead atoms. The van der Waals surface area contributed by atoms with Crippen molar-refractivity contribution in [3.63, 3.8) is 0 Å². The largest absolute Gasteiger partial charge is 0.508 e. The molecule has 0 spiro atoms. The second-order valence-corrected chi connectivity index (χ2v) is 5.05. The molecule has 1 aliphatic rings. The Kier molecular flexibility index (Phi) is 2.85. The van der Waals surface area contributed by atoms with Crippen LogP contribution in [-0.2, 0) is 6.42 Å². The van der Waals surface area contributed by atoms with Crippen LogP contribution in [0.3, 0.4) is 0 Å². The second kappa shape index (κ2) is 4.53. The van der Waals surface area contributed by atoms with E-state index >= 15 is 0 Å². The summed E-state index contributed by atoms with van der Waals surface area (Å²) in [5.41, 5.74) is 3.67. The normalized spacial score (nSPS) is 18.6. The van der Waals surface area contributed by atoms with E-state index in [0.29, 0.717) is 12.2 Å². The minimum atomic E-state index is 0.179. The van der Waals surface area contributed by atoms with Gasteiger partial charge < -0.3 is 9.63 Å². The van der Waals surface area contributed by atoms with E-state index in [-0.39, 0.29) is 5.92 Å². The van der Waals surface area contributed by atoms with Crippen LogP contribution in [0.5, 0.6) is 5.75 Å². The van der Waals surface area contributed by atoms with Crippen LogP contribution in [0.2, 0.25) is 0 Å². The minimum Gasteiger partial charge on any atom is -0.508 e. The lowest BCUT2D eigenvalue weighted by atomic mass is 9.90. The van der Waals surface area contributed by atoms with Crippen LogP contribution in [0, 0.1) is 6.92 Å². The topological polar surface area (TPSA) is 58.6 Å². The molecular weight excluding hydrogens is 240 g/mol. The fourth-order valence-corrected chi connectivity index (χ4v) is 2.63. The van der Waals surface area contributed by atoms with Crippen molar-refractivity contribution in [3.8, 4) is 5.75 Å². The van der Waals surface area contributed by atoms with Crippen molar-refractivity contribution < 1.29 is 9.63 Å². The maximum Gasteiger partial charge on any atom is 0.163 e. The van der Waals surface area contributed by atoms with Gasteiger partial charge in [0.15, 0.2) is 5.76 Å². The Morgan fingerprint density at radius 3 is 2.79 bits per heavy atom. The van der Waals surface area contributed by atoms with Gasteiger partial charge in [-0.15, -0.1) is 0 Å². The first-order valence-corrected chi connectivity index (χ1v) is 6.42. The highest BCUT2D eigenvalue weighted by atomic mass is 16.5. The molecule has 4 heteroatoms. The third kappa shape index (κ3) is 2.14. The number of para-hydroxylation sites is 1. The Bertz CT molecular complexity index is 643. The van der Waals surface area contributed by atoms with Gasteiger partial charge in [-0.05, 0) is 37.8 Å². The summed E-state index contributed by atoms with van der Waals surface area (Å²) >= 11 is 0. The zero-order valence-electron chi connectivity index (χ0n) is 11.1. The number of hydrogen-bond acceptors (Lipinski definition) is 4. The Morgan fingerprint density at radius 2 is 2.00 bits per heavy atom.